The van der Waals surface area contributed by atoms with Gasteiger partial charge in [-0.25, -0.2) is 0 Å². The quantitative estimate of drug-likeness (QED) is 0.761. The van der Waals surface area contributed by atoms with Gasteiger partial charge in [0.15, 0.2) is 0 Å². The molecule has 92 valence electrons. The Bertz CT molecular complexity index is 239. The lowest BCUT2D eigenvalue weighted by Gasteiger charge is -2.26. The largest absolute Gasteiger partial charge is 0.384 e. The van der Waals surface area contributed by atoms with Crippen molar-refractivity contribution in [1.82, 2.24) is 10.2 Å². The number of carbonyl (C=O) groups excluding carboxylic acids is 1. The number of methoxy groups -OCH3 is 1. The molecule has 0 radical (unpaired) electrons. The summed E-state index contributed by atoms with van der Waals surface area (Å²) in [4.78, 5) is 14.2. The van der Waals surface area contributed by atoms with E-state index in [-0.39, 0.29) is 5.92 Å². The molecule has 0 bridgehead atoms. The third kappa shape index (κ3) is 2.74. The summed E-state index contributed by atoms with van der Waals surface area (Å²) in [7, 11) is 1.73. The van der Waals surface area contributed by atoms with Gasteiger partial charge in [-0.3, -0.25) is 4.79 Å². The number of hydrogen-bond donors (Lipinski definition) is 1. The van der Waals surface area contributed by atoms with E-state index in [9.17, 15) is 4.79 Å². The fraction of sp³-hybridized carbons (Fsp3) is 0.917. The fourth-order valence-electron chi connectivity index (χ4n) is 2.73. The van der Waals surface area contributed by atoms with E-state index in [1.165, 1.54) is 0 Å². The Balaban J connectivity index is 1.81. The number of amides is 1. The molecule has 2 aliphatic rings. The second-order valence-electron chi connectivity index (χ2n) is 4.94. The van der Waals surface area contributed by atoms with E-state index in [1.807, 2.05) is 4.90 Å². The van der Waals surface area contributed by atoms with E-state index in [2.05, 4.69) is 5.32 Å². The Hall–Kier alpha value is -0.610. The Morgan fingerprint density at radius 3 is 3.06 bits per heavy atom. The minimum atomic E-state index is 0.218. The molecular weight excluding hydrogens is 204 g/mol. The highest BCUT2D eigenvalue weighted by Crippen LogP contribution is 2.21. The molecule has 0 aromatic rings. The first-order chi connectivity index (χ1) is 7.81. The molecule has 0 aromatic heterocycles. The van der Waals surface area contributed by atoms with Gasteiger partial charge in [0.05, 0.1) is 12.5 Å². The third-order valence-electron chi connectivity index (χ3n) is 3.65. The van der Waals surface area contributed by atoms with E-state index in [4.69, 9.17) is 4.74 Å². The summed E-state index contributed by atoms with van der Waals surface area (Å²) in [5.74, 6) is 1.12. The highest BCUT2D eigenvalue weighted by Gasteiger charge is 2.31. The lowest BCUT2D eigenvalue weighted by atomic mass is 9.98. The van der Waals surface area contributed by atoms with Crippen LogP contribution < -0.4 is 5.32 Å². The van der Waals surface area contributed by atoms with Crippen LogP contribution in [0.5, 0.6) is 0 Å². The van der Waals surface area contributed by atoms with Crippen molar-refractivity contribution in [2.45, 2.75) is 19.3 Å². The van der Waals surface area contributed by atoms with Crippen LogP contribution in [0.4, 0.5) is 0 Å². The van der Waals surface area contributed by atoms with Crippen LogP contribution in [0.1, 0.15) is 19.3 Å². The third-order valence-corrected chi connectivity index (χ3v) is 3.65. The topological polar surface area (TPSA) is 41.6 Å². The van der Waals surface area contributed by atoms with Crippen molar-refractivity contribution >= 4 is 5.91 Å². The predicted molar refractivity (Wildman–Crippen MR) is 62.2 cm³/mol. The zero-order valence-electron chi connectivity index (χ0n) is 10.1. The van der Waals surface area contributed by atoms with Crippen molar-refractivity contribution in [2.75, 3.05) is 39.9 Å². The maximum atomic E-state index is 12.2. The van der Waals surface area contributed by atoms with E-state index in [0.29, 0.717) is 11.8 Å². The van der Waals surface area contributed by atoms with Gasteiger partial charge in [0.25, 0.3) is 0 Å². The van der Waals surface area contributed by atoms with Crippen molar-refractivity contribution in [3.63, 3.8) is 0 Å². The van der Waals surface area contributed by atoms with Crippen molar-refractivity contribution in [2.24, 2.45) is 11.8 Å². The first-order valence-electron chi connectivity index (χ1n) is 6.29. The SMILES string of the molecule is COCC1CCN(C(=O)[C@H]2CCCNC2)C1. The Labute approximate surface area is 97.3 Å². The van der Waals surface area contributed by atoms with Crippen molar-refractivity contribution in [3.05, 3.63) is 0 Å². The molecule has 0 spiro atoms. The molecule has 1 N–H and O–H groups in total. The zero-order chi connectivity index (χ0) is 11.4. The second kappa shape index (κ2) is 5.64. The van der Waals surface area contributed by atoms with Gasteiger partial charge in [-0.15, -0.1) is 0 Å². The highest BCUT2D eigenvalue weighted by atomic mass is 16.5. The molecule has 0 aromatic carbocycles. The van der Waals surface area contributed by atoms with Crippen LogP contribution in [0.25, 0.3) is 0 Å². The molecule has 1 amide bonds. The predicted octanol–water partition coefficient (Wildman–Crippen LogP) is 0.481. The molecule has 2 aliphatic heterocycles. The number of carbonyl (C=O) groups is 1. The summed E-state index contributed by atoms with van der Waals surface area (Å²) in [5.41, 5.74) is 0. The second-order valence-corrected chi connectivity index (χ2v) is 4.94. The zero-order valence-corrected chi connectivity index (χ0v) is 10.1. The monoisotopic (exact) mass is 226 g/mol. The van der Waals surface area contributed by atoms with E-state index in [0.717, 1.165) is 52.0 Å². The standard InChI is InChI=1S/C12H22N2O2/c1-16-9-10-4-6-14(8-10)12(15)11-3-2-5-13-7-11/h10-11,13H,2-9H2,1H3/t10?,11-/m0/s1. The van der Waals surface area contributed by atoms with Gasteiger partial charge in [0.1, 0.15) is 0 Å². The summed E-state index contributed by atoms with van der Waals surface area (Å²) in [6, 6.07) is 0. The molecule has 2 atom stereocenters. The minimum absolute atomic E-state index is 0.218. The average molecular weight is 226 g/mol. The van der Waals surface area contributed by atoms with Gasteiger partial charge in [-0.05, 0) is 25.8 Å². The van der Waals surface area contributed by atoms with Gasteiger partial charge in [0, 0.05) is 32.7 Å². The Morgan fingerprint density at radius 2 is 2.38 bits per heavy atom. The summed E-state index contributed by atoms with van der Waals surface area (Å²) in [6.07, 6.45) is 3.28. The maximum Gasteiger partial charge on any atom is 0.226 e. The molecule has 16 heavy (non-hydrogen) atoms. The first kappa shape index (κ1) is 11.9. The van der Waals surface area contributed by atoms with Crippen LogP contribution in [-0.2, 0) is 9.53 Å². The van der Waals surface area contributed by atoms with Gasteiger partial charge >= 0.3 is 0 Å². The summed E-state index contributed by atoms with van der Waals surface area (Å²) < 4.78 is 5.15. The first-order valence-corrected chi connectivity index (χ1v) is 6.29. The molecule has 2 fully saturated rings. The Kier molecular flexibility index (Phi) is 4.18. The molecule has 2 heterocycles. The van der Waals surface area contributed by atoms with Crippen molar-refractivity contribution < 1.29 is 9.53 Å². The molecule has 4 nitrogen and oxygen atoms in total. The number of nitrogens with one attached hydrogen (secondary N) is 1. The molecular formula is C12H22N2O2. The van der Waals surface area contributed by atoms with E-state index >= 15 is 0 Å². The summed E-state index contributed by atoms with van der Waals surface area (Å²) in [5, 5.41) is 3.30. The van der Waals surface area contributed by atoms with Gasteiger partial charge in [-0.1, -0.05) is 0 Å². The molecule has 0 aliphatic carbocycles. The molecule has 0 saturated carbocycles. The smallest absolute Gasteiger partial charge is 0.226 e. The number of ether oxygens (including phenoxy) is 1. The van der Waals surface area contributed by atoms with Crippen LogP contribution >= 0.6 is 0 Å². The van der Waals surface area contributed by atoms with Crippen LogP contribution in [0.2, 0.25) is 0 Å². The van der Waals surface area contributed by atoms with Gasteiger partial charge < -0.3 is 15.0 Å². The number of likely N-dealkylation sites (tertiary alicyclic amines) is 1. The summed E-state index contributed by atoms with van der Waals surface area (Å²) >= 11 is 0. The van der Waals surface area contributed by atoms with Gasteiger partial charge in [0.2, 0.25) is 5.91 Å². The van der Waals surface area contributed by atoms with E-state index in [1.54, 1.807) is 7.11 Å². The molecule has 1 unspecified atom stereocenters. The van der Waals surface area contributed by atoms with Crippen LogP contribution in [0, 0.1) is 11.8 Å². The van der Waals surface area contributed by atoms with Crippen LogP contribution in [0.3, 0.4) is 0 Å². The highest BCUT2D eigenvalue weighted by molar-refractivity contribution is 5.79. The van der Waals surface area contributed by atoms with Crippen molar-refractivity contribution in [3.8, 4) is 0 Å². The van der Waals surface area contributed by atoms with Gasteiger partial charge in [-0.2, -0.15) is 0 Å². The number of nitrogens with zero attached hydrogens (tertiary/aromatic N) is 1. The Morgan fingerprint density at radius 1 is 1.50 bits per heavy atom. The fourth-order valence-corrected chi connectivity index (χ4v) is 2.73. The molecule has 2 saturated heterocycles. The molecule has 4 heteroatoms. The number of hydrogen-bond acceptors (Lipinski definition) is 3. The van der Waals surface area contributed by atoms with Crippen LogP contribution in [-0.4, -0.2) is 50.7 Å². The lowest BCUT2D eigenvalue weighted by Crippen LogP contribution is -2.42. The van der Waals surface area contributed by atoms with Crippen molar-refractivity contribution in [1.29, 1.82) is 0 Å². The van der Waals surface area contributed by atoms with E-state index < -0.39 is 0 Å². The minimum Gasteiger partial charge on any atom is -0.384 e. The lowest BCUT2D eigenvalue weighted by molar-refractivity contribution is -0.135. The van der Waals surface area contributed by atoms with Crippen LogP contribution in [0.15, 0.2) is 0 Å². The number of rotatable bonds is 3. The summed E-state index contributed by atoms with van der Waals surface area (Å²) in [6.45, 7) is 4.53. The maximum absolute atomic E-state index is 12.2. The normalized spacial score (nSPS) is 30.7. The molecule has 2 rings (SSSR count). The average Bonchev–Trinajstić information content (AvgIpc) is 2.78. The number of piperidine rings is 1.